The van der Waals surface area contributed by atoms with Gasteiger partial charge in [0.05, 0.1) is 17.1 Å². The SMILES string of the molecule is CN1CC=CC=C1c1ccc(-c2ccc(-c3nc(-c4ccccc4)nc(-c4ccc(-c5ccc(-c6ccccn6)cn5)cc4)n3)cc2)nc1. The van der Waals surface area contributed by atoms with E-state index in [9.17, 15) is 0 Å². The van der Waals surface area contributed by atoms with E-state index in [4.69, 9.17) is 24.9 Å². The molecule has 0 saturated carbocycles. The summed E-state index contributed by atoms with van der Waals surface area (Å²) in [6.45, 7) is 0.894. The first-order chi connectivity index (χ1) is 24.2. The fourth-order valence-corrected chi connectivity index (χ4v) is 5.82. The fourth-order valence-electron chi connectivity index (χ4n) is 5.82. The van der Waals surface area contributed by atoms with E-state index in [-0.39, 0.29) is 0 Å². The van der Waals surface area contributed by atoms with Crippen molar-refractivity contribution in [2.45, 2.75) is 0 Å². The molecule has 1 aliphatic heterocycles. The van der Waals surface area contributed by atoms with Crippen LogP contribution in [0.15, 0.2) is 158 Å². The van der Waals surface area contributed by atoms with E-state index in [1.54, 1.807) is 6.20 Å². The number of nitrogens with zero attached hydrogens (tertiary/aromatic N) is 7. The number of pyridine rings is 3. The molecule has 0 N–H and O–H groups in total. The summed E-state index contributed by atoms with van der Waals surface area (Å²) in [5.41, 5.74) is 10.7. The van der Waals surface area contributed by atoms with Crippen LogP contribution < -0.4 is 0 Å². The van der Waals surface area contributed by atoms with Crippen LogP contribution >= 0.6 is 0 Å². The number of aromatic nitrogens is 6. The minimum atomic E-state index is 0.604. The maximum absolute atomic E-state index is 4.94. The van der Waals surface area contributed by atoms with Crippen molar-refractivity contribution >= 4 is 5.70 Å². The lowest BCUT2D eigenvalue weighted by Gasteiger charge is -2.23. The molecule has 0 bridgehead atoms. The van der Waals surface area contributed by atoms with E-state index in [1.165, 1.54) is 5.70 Å². The van der Waals surface area contributed by atoms with Gasteiger partial charge in [-0.15, -0.1) is 0 Å². The van der Waals surface area contributed by atoms with Gasteiger partial charge in [-0.25, -0.2) is 15.0 Å². The highest BCUT2D eigenvalue weighted by molar-refractivity contribution is 5.72. The molecular formula is C42H31N7. The molecule has 3 aromatic carbocycles. The van der Waals surface area contributed by atoms with Crippen LogP contribution in [0.5, 0.6) is 0 Å². The second-order valence-corrected chi connectivity index (χ2v) is 11.8. The van der Waals surface area contributed by atoms with Crippen molar-refractivity contribution in [2.75, 3.05) is 13.6 Å². The first-order valence-electron chi connectivity index (χ1n) is 16.1. The number of likely N-dealkylation sites (N-methyl/N-ethyl adjacent to an activating group) is 1. The Morgan fingerprint density at radius 3 is 1.45 bits per heavy atom. The molecule has 1 aliphatic rings. The van der Waals surface area contributed by atoms with Gasteiger partial charge in [-0.2, -0.15) is 0 Å². The minimum Gasteiger partial charge on any atom is -0.370 e. The molecule has 0 unspecified atom stereocenters. The average molecular weight is 634 g/mol. The van der Waals surface area contributed by atoms with Crippen LogP contribution in [0.3, 0.4) is 0 Å². The van der Waals surface area contributed by atoms with E-state index >= 15 is 0 Å². The van der Waals surface area contributed by atoms with E-state index < -0.39 is 0 Å². The van der Waals surface area contributed by atoms with Crippen molar-refractivity contribution in [3.05, 3.63) is 164 Å². The van der Waals surface area contributed by atoms with Crippen LogP contribution in [0, 0.1) is 0 Å². The van der Waals surface area contributed by atoms with Gasteiger partial charge in [-0.05, 0) is 42.5 Å². The Morgan fingerprint density at radius 1 is 0.449 bits per heavy atom. The van der Waals surface area contributed by atoms with Crippen LogP contribution in [0.1, 0.15) is 5.56 Å². The normalized spacial score (nSPS) is 12.5. The molecule has 0 saturated heterocycles. The van der Waals surface area contributed by atoms with E-state index in [0.29, 0.717) is 17.5 Å². The Kier molecular flexibility index (Phi) is 8.06. The lowest BCUT2D eigenvalue weighted by molar-refractivity contribution is 0.531. The molecule has 0 atom stereocenters. The molecule has 4 aromatic heterocycles. The zero-order chi connectivity index (χ0) is 33.0. The molecule has 0 amide bonds. The van der Waals surface area contributed by atoms with Gasteiger partial charge in [0, 0.05) is 76.8 Å². The largest absolute Gasteiger partial charge is 0.370 e. The molecule has 5 heterocycles. The summed E-state index contributed by atoms with van der Waals surface area (Å²) >= 11 is 0. The summed E-state index contributed by atoms with van der Waals surface area (Å²) in [5, 5.41) is 0. The Hall–Kier alpha value is -6.60. The number of hydrogen-bond acceptors (Lipinski definition) is 7. The molecule has 0 spiro atoms. The summed E-state index contributed by atoms with van der Waals surface area (Å²) in [4.78, 5) is 30.9. The topological polar surface area (TPSA) is 80.6 Å². The van der Waals surface area contributed by atoms with Gasteiger partial charge in [0.1, 0.15) is 0 Å². The second-order valence-electron chi connectivity index (χ2n) is 11.8. The van der Waals surface area contributed by atoms with Gasteiger partial charge in [-0.1, -0.05) is 97.1 Å². The molecule has 0 aliphatic carbocycles. The maximum Gasteiger partial charge on any atom is 0.164 e. The van der Waals surface area contributed by atoms with Gasteiger partial charge in [0.15, 0.2) is 17.5 Å². The standard InChI is InChI=1S/C42H31N7/c1-49-26-8-6-12-39(49)35-22-24-38(45-28-35)30-15-19-33(20-16-30)42-47-40(31-9-3-2-4-10-31)46-41(48-42)32-17-13-29(14-18-32)37-23-21-34(27-44-37)36-11-5-7-25-43-36/h2-25,27-28H,26H2,1H3. The van der Waals surface area contributed by atoms with Crippen LogP contribution in [-0.4, -0.2) is 48.4 Å². The lowest BCUT2D eigenvalue weighted by atomic mass is 10.1. The molecule has 7 heteroatoms. The van der Waals surface area contributed by atoms with Crippen molar-refractivity contribution in [3.8, 4) is 67.9 Å². The first kappa shape index (κ1) is 29.8. The van der Waals surface area contributed by atoms with Crippen molar-refractivity contribution < 1.29 is 0 Å². The van der Waals surface area contributed by atoms with Crippen molar-refractivity contribution in [2.24, 2.45) is 0 Å². The number of benzene rings is 3. The van der Waals surface area contributed by atoms with E-state index in [2.05, 4.69) is 71.6 Å². The molecule has 0 fully saturated rings. The molecular weight excluding hydrogens is 603 g/mol. The Balaban J connectivity index is 1.08. The van der Waals surface area contributed by atoms with Crippen LogP contribution in [0.2, 0.25) is 0 Å². The summed E-state index contributed by atoms with van der Waals surface area (Å²) in [5.74, 6) is 1.83. The van der Waals surface area contributed by atoms with Gasteiger partial charge in [0.25, 0.3) is 0 Å². The monoisotopic (exact) mass is 633 g/mol. The number of allylic oxidation sites excluding steroid dienone is 2. The third-order valence-electron chi connectivity index (χ3n) is 8.51. The van der Waals surface area contributed by atoms with Crippen LogP contribution in [0.25, 0.3) is 73.6 Å². The Labute approximate surface area is 285 Å². The second kappa shape index (κ2) is 13.3. The van der Waals surface area contributed by atoms with Gasteiger partial charge in [0.2, 0.25) is 0 Å². The van der Waals surface area contributed by atoms with Crippen molar-refractivity contribution in [3.63, 3.8) is 0 Å². The predicted molar refractivity (Wildman–Crippen MR) is 196 cm³/mol. The summed E-state index contributed by atoms with van der Waals surface area (Å²) in [6.07, 6.45) is 11.9. The molecule has 234 valence electrons. The van der Waals surface area contributed by atoms with Crippen LogP contribution in [-0.2, 0) is 0 Å². The lowest BCUT2D eigenvalue weighted by Crippen LogP contribution is -2.18. The summed E-state index contributed by atoms with van der Waals surface area (Å²) in [7, 11) is 2.09. The Bertz CT molecular complexity index is 2260. The quantitative estimate of drug-likeness (QED) is 0.173. The molecule has 0 radical (unpaired) electrons. The highest BCUT2D eigenvalue weighted by Crippen LogP contribution is 2.29. The zero-order valence-electron chi connectivity index (χ0n) is 26.8. The van der Waals surface area contributed by atoms with Gasteiger partial charge < -0.3 is 4.90 Å². The van der Waals surface area contributed by atoms with Crippen LogP contribution in [0.4, 0.5) is 0 Å². The molecule has 7 nitrogen and oxygen atoms in total. The predicted octanol–water partition coefficient (Wildman–Crippen LogP) is 8.90. The van der Waals surface area contributed by atoms with Gasteiger partial charge in [-0.3, -0.25) is 15.0 Å². The number of rotatable bonds is 7. The first-order valence-corrected chi connectivity index (χ1v) is 16.1. The highest BCUT2D eigenvalue weighted by atomic mass is 15.1. The van der Waals surface area contributed by atoms with Crippen molar-refractivity contribution in [1.82, 2.24) is 34.8 Å². The average Bonchev–Trinajstić information content (AvgIpc) is 3.19. The zero-order valence-corrected chi connectivity index (χ0v) is 26.8. The smallest absolute Gasteiger partial charge is 0.164 e. The Morgan fingerprint density at radius 2 is 0.939 bits per heavy atom. The number of hydrogen-bond donors (Lipinski definition) is 0. The summed E-state index contributed by atoms with van der Waals surface area (Å²) < 4.78 is 0. The fraction of sp³-hybridized carbons (Fsp3) is 0.0476. The molecule has 49 heavy (non-hydrogen) atoms. The van der Waals surface area contributed by atoms with E-state index in [0.717, 1.165) is 62.6 Å². The third-order valence-corrected chi connectivity index (χ3v) is 8.51. The van der Waals surface area contributed by atoms with Gasteiger partial charge >= 0.3 is 0 Å². The molecule has 7 aromatic rings. The molecule has 8 rings (SSSR count). The minimum absolute atomic E-state index is 0.604. The van der Waals surface area contributed by atoms with E-state index in [1.807, 2.05) is 97.3 Å². The third kappa shape index (κ3) is 6.38. The maximum atomic E-state index is 4.94. The van der Waals surface area contributed by atoms with Crippen molar-refractivity contribution in [1.29, 1.82) is 0 Å². The highest BCUT2D eigenvalue weighted by Gasteiger charge is 2.14. The summed E-state index contributed by atoms with van der Waals surface area (Å²) in [6, 6.07) is 40.5.